The Morgan fingerprint density at radius 3 is 1.22 bits per heavy atom. The number of carbonyl (C=O) groups excluding carboxylic acids is 2. The highest BCUT2D eigenvalue weighted by atomic mass is 16.7. The lowest BCUT2D eigenvalue weighted by atomic mass is 10.1. The Morgan fingerprint density at radius 1 is 0.435 bits per heavy atom. The van der Waals surface area contributed by atoms with E-state index in [1.807, 2.05) is 33.3 Å². The predicted octanol–water partition coefficient (Wildman–Crippen LogP) is 14.9. The third-order valence-electron chi connectivity index (χ3n) is 10.1. The molecule has 0 aliphatic heterocycles. The summed E-state index contributed by atoms with van der Waals surface area (Å²) >= 11 is 0. The van der Waals surface area contributed by atoms with Gasteiger partial charge in [-0.3, -0.25) is 9.59 Å². The molecule has 2 unspecified atom stereocenters. The van der Waals surface area contributed by atoms with Crippen LogP contribution in [0, 0.1) is 0 Å². The summed E-state index contributed by atoms with van der Waals surface area (Å²) in [5.74, 6) is -2.16. The van der Waals surface area contributed by atoms with Crippen molar-refractivity contribution in [2.45, 2.75) is 167 Å². The molecule has 69 heavy (non-hydrogen) atoms. The molecule has 0 fully saturated rings. The molecule has 9 nitrogen and oxygen atoms in total. The summed E-state index contributed by atoms with van der Waals surface area (Å²) in [5, 5.41) is 9.68. The molecule has 0 radical (unpaired) electrons. The van der Waals surface area contributed by atoms with Gasteiger partial charge in [-0.05, 0) is 103 Å². The number of hydrogen-bond acceptors (Lipinski definition) is 7. The zero-order valence-electron chi connectivity index (χ0n) is 43.6. The van der Waals surface area contributed by atoms with Crippen LogP contribution < -0.4 is 0 Å². The number of ether oxygens (including phenoxy) is 4. The maximum Gasteiger partial charge on any atom is 0.361 e. The van der Waals surface area contributed by atoms with Gasteiger partial charge >= 0.3 is 17.9 Å². The standard InChI is InChI=1S/C60H93NO8/c1-6-8-10-12-14-16-18-20-22-24-26-27-28-29-30-31-33-35-37-39-41-43-45-47-49-51-58(63)69-56(55-68-60(59(64)65)66-53-52-61(3,4)5)54-67-57(62)50-48-46-44-42-40-38-36-34-32-25-23-21-19-17-15-13-11-9-7-2/h8-11,14-17,20-23,26-27,29-30,32-35,38,40,44,46,56,60H,6-7,12-13,18-19,24-25,28,31,36-37,39,41-43,45,47-55H2,1-5H3/p+1/b10-8-,11-9-,16-14-,17-15-,22-20-,23-21-,27-26-,30-29-,34-32-,35-33-,40-38-,46-44-. The van der Waals surface area contributed by atoms with Crippen LogP contribution in [0.5, 0.6) is 0 Å². The van der Waals surface area contributed by atoms with Gasteiger partial charge in [-0.15, -0.1) is 0 Å². The number of carboxylic acids is 1. The first-order valence-electron chi connectivity index (χ1n) is 26.0. The second-order valence-electron chi connectivity index (χ2n) is 17.7. The third-order valence-corrected chi connectivity index (χ3v) is 10.1. The van der Waals surface area contributed by atoms with Gasteiger partial charge in [0.2, 0.25) is 0 Å². The topological polar surface area (TPSA) is 108 Å². The zero-order valence-corrected chi connectivity index (χ0v) is 43.6. The molecular weight excluding hydrogens is 863 g/mol. The van der Waals surface area contributed by atoms with Crippen LogP contribution >= 0.6 is 0 Å². The Kier molecular flexibility index (Phi) is 46.1. The molecule has 0 spiro atoms. The van der Waals surface area contributed by atoms with Crippen molar-refractivity contribution in [3.05, 3.63) is 146 Å². The lowest BCUT2D eigenvalue weighted by Crippen LogP contribution is -2.40. The molecule has 0 aromatic carbocycles. The largest absolute Gasteiger partial charge is 0.477 e. The number of nitrogens with zero attached hydrogens (tertiary/aromatic N) is 1. The number of likely N-dealkylation sites (N-methyl/N-ethyl adjacent to an activating group) is 1. The van der Waals surface area contributed by atoms with E-state index < -0.39 is 30.3 Å². The third kappa shape index (κ3) is 50.9. The molecular formula is C60H94NO8+. The molecule has 0 bridgehead atoms. The molecule has 1 N–H and O–H groups in total. The van der Waals surface area contributed by atoms with Gasteiger partial charge in [0.15, 0.2) is 6.10 Å². The summed E-state index contributed by atoms with van der Waals surface area (Å²) in [6, 6.07) is 0. The van der Waals surface area contributed by atoms with Gasteiger partial charge in [-0.25, -0.2) is 4.79 Å². The molecule has 0 aliphatic rings. The number of quaternary nitrogens is 1. The highest BCUT2D eigenvalue weighted by molar-refractivity contribution is 5.71. The minimum atomic E-state index is -1.54. The number of hydrogen-bond donors (Lipinski definition) is 1. The quantitative estimate of drug-likeness (QED) is 0.0211. The van der Waals surface area contributed by atoms with Crippen LogP contribution in [-0.4, -0.2) is 87.4 Å². The number of esters is 2. The predicted molar refractivity (Wildman–Crippen MR) is 290 cm³/mol. The Balaban J connectivity index is 4.51. The first-order chi connectivity index (χ1) is 33.6. The lowest BCUT2D eigenvalue weighted by molar-refractivity contribution is -0.870. The van der Waals surface area contributed by atoms with Crippen LogP contribution in [0.2, 0.25) is 0 Å². The summed E-state index contributed by atoms with van der Waals surface area (Å²) in [7, 11) is 5.92. The molecule has 9 heteroatoms. The maximum absolute atomic E-state index is 12.8. The van der Waals surface area contributed by atoms with Crippen molar-refractivity contribution in [1.82, 2.24) is 0 Å². The van der Waals surface area contributed by atoms with E-state index in [0.29, 0.717) is 23.9 Å². The second-order valence-corrected chi connectivity index (χ2v) is 17.7. The summed E-state index contributed by atoms with van der Waals surface area (Å²) < 4.78 is 22.7. The highest BCUT2D eigenvalue weighted by Gasteiger charge is 2.25. The molecule has 0 rings (SSSR count). The second kappa shape index (κ2) is 49.6. The molecule has 0 aromatic heterocycles. The fourth-order valence-electron chi connectivity index (χ4n) is 6.16. The van der Waals surface area contributed by atoms with Crippen LogP contribution in [-0.2, 0) is 33.3 Å². The van der Waals surface area contributed by atoms with Gasteiger partial charge in [0.25, 0.3) is 6.29 Å². The van der Waals surface area contributed by atoms with Crippen molar-refractivity contribution in [2.75, 3.05) is 47.5 Å². The van der Waals surface area contributed by atoms with Crippen molar-refractivity contribution in [3.63, 3.8) is 0 Å². The molecule has 386 valence electrons. The van der Waals surface area contributed by atoms with Crippen LogP contribution in [0.1, 0.15) is 155 Å². The van der Waals surface area contributed by atoms with Gasteiger partial charge < -0.3 is 28.5 Å². The average Bonchev–Trinajstić information content (AvgIpc) is 3.31. The Hall–Kier alpha value is -4.83. The molecule has 0 saturated carbocycles. The zero-order chi connectivity index (χ0) is 50.6. The lowest BCUT2D eigenvalue weighted by Gasteiger charge is -2.25. The fourth-order valence-corrected chi connectivity index (χ4v) is 6.16. The maximum atomic E-state index is 12.8. The van der Waals surface area contributed by atoms with Crippen LogP contribution in [0.25, 0.3) is 0 Å². The van der Waals surface area contributed by atoms with Crippen molar-refractivity contribution >= 4 is 17.9 Å². The SMILES string of the molecule is CC/C=C\C/C=C\C/C=C\C/C=C\C/C=C\C/C=C\CCCCCCCCC(=O)OC(COC(=O)CC/C=C\C/C=C\C/C=C\C/C=C\C/C=C\C/C=C\CC)COC(OCC[N+](C)(C)C)C(=O)O. The normalized spacial score (nSPS) is 14.0. The Morgan fingerprint density at radius 2 is 0.812 bits per heavy atom. The fraction of sp³-hybridized carbons (Fsp3) is 0.550. The van der Waals surface area contributed by atoms with E-state index in [1.165, 1.54) is 0 Å². The number of unbranched alkanes of at least 4 members (excludes halogenated alkanes) is 6. The molecule has 2 atom stereocenters. The summed E-state index contributed by atoms with van der Waals surface area (Å²) in [5.41, 5.74) is 0. The number of aliphatic carboxylic acids is 1. The van der Waals surface area contributed by atoms with Crippen LogP contribution in [0.15, 0.2) is 146 Å². The molecule has 0 heterocycles. The van der Waals surface area contributed by atoms with E-state index in [1.54, 1.807) is 0 Å². The van der Waals surface area contributed by atoms with Crippen LogP contribution in [0.4, 0.5) is 0 Å². The van der Waals surface area contributed by atoms with E-state index in [-0.39, 0.29) is 32.7 Å². The first-order valence-corrected chi connectivity index (χ1v) is 26.0. The Labute approximate surface area is 420 Å². The van der Waals surface area contributed by atoms with Gasteiger partial charge in [-0.1, -0.05) is 185 Å². The number of rotatable bonds is 45. The smallest absolute Gasteiger partial charge is 0.361 e. The van der Waals surface area contributed by atoms with Gasteiger partial charge in [0.05, 0.1) is 34.4 Å². The first kappa shape index (κ1) is 64.2. The minimum absolute atomic E-state index is 0.164. The van der Waals surface area contributed by atoms with Crippen LogP contribution in [0.3, 0.4) is 0 Å². The molecule has 0 aromatic rings. The molecule has 0 saturated heterocycles. The van der Waals surface area contributed by atoms with E-state index in [0.717, 1.165) is 116 Å². The summed E-state index contributed by atoms with van der Waals surface area (Å²) in [4.78, 5) is 37.3. The minimum Gasteiger partial charge on any atom is -0.477 e. The van der Waals surface area contributed by atoms with Crippen molar-refractivity contribution in [3.8, 4) is 0 Å². The number of allylic oxidation sites excluding steroid dienone is 24. The molecule has 0 aliphatic carbocycles. The van der Waals surface area contributed by atoms with Gasteiger partial charge in [0, 0.05) is 12.8 Å². The van der Waals surface area contributed by atoms with Crippen molar-refractivity contribution in [1.29, 1.82) is 0 Å². The van der Waals surface area contributed by atoms with E-state index in [2.05, 4.69) is 148 Å². The van der Waals surface area contributed by atoms with Gasteiger partial charge in [-0.2, -0.15) is 0 Å². The Bertz CT molecular complexity index is 1630. The molecule has 0 amide bonds. The monoisotopic (exact) mass is 957 g/mol. The van der Waals surface area contributed by atoms with Gasteiger partial charge in [0.1, 0.15) is 13.2 Å². The van der Waals surface area contributed by atoms with Crippen molar-refractivity contribution < 1.29 is 42.9 Å². The van der Waals surface area contributed by atoms with E-state index in [4.69, 9.17) is 18.9 Å². The van der Waals surface area contributed by atoms with E-state index >= 15 is 0 Å². The summed E-state index contributed by atoms with van der Waals surface area (Å²) in [6.45, 7) is 4.50. The number of carbonyl (C=O) groups is 3. The van der Waals surface area contributed by atoms with E-state index in [9.17, 15) is 19.5 Å². The average molecular weight is 957 g/mol. The summed E-state index contributed by atoms with van der Waals surface area (Å²) in [6.07, 6.45) is 69.3. The van der Waals surface area contributed by atoms with Crippen molar-refractivity contribution in [2.24, 2.45) is 0 Å². The highest BCUT2D eigenvalue weighted by Crippen LogP contribution is 2.12. The number of carboxylic acid groups (broad SMARTS) is 1.